The average Bonchev–Trinajstić information content (AvgIpc) is 2.52. The van der Waals surface area contributed by atoms with Crippen LogP contribution in [0.5, 0.6) is 11.5 Å². The van der Waals surface area contributed by atoms with E-state index in [0.717, 1.165) is 21.5 Å². The van der Waals surface area contributed by atoms with Crippen LogP contribution in [-0.2, 0) is 6.54 Å². The lowest BCUT2D eigenvalue weighted by atomic mass is 10.2. The van der Waals surface area contributed by atoms with Crippen molar-refractivity contribution in [1.29, 1.82) is 0 Å². The van der Waals surface area contributed by atoms with Crippen LogP contribution < -0.4 is 20.7 Å². The Balaban J connectivity index is 0.000000980. The Kier molecular flexibility index (Phi) is 4.00. The zero-order chi connectivity index (χ0) is 9.26. The Morgan fingerprint density at radius 3 is 2.64 bits per heavy atom. The van der Waals surface area contributed by atoms with Gasteiger partial charge in [0.2, 0.25) is 6.79 Å². The molecule has 78 valence electrons. The SMILES string of the molecule is Cl.NNCc1cc2c(cc1Br)OCO2. The molecule has 0 spiro atoms. The molecule has 0 aromatic heterocycles. The van der Waals surface area contributed by atoms with E-state index in [-0.39, 0.29) is 12.4 Å². The van der Waals surface area contributed by atoms with Crippen LogP contribution in [0.4, 0.5) is 0 Å². The highest BCUT2D eigenvalue weighted by atomic mass is 79.9. The van der Waals surface area contributed by atoms with Gasteiger partial charge in [0.1, 0.15) is 0 Å². The van der Waals surface area contributed by atoms with Gasteiger partial charge in [0.25, 0.3) is 0 Å². The summed E-state index contributed by atoms with van der Waals surface area (Å²) in [6.07, 6.45) is 0. The molecule has 4 nitrogen and oxygen atoms in total. The third-order valence-corrected chi connectivity index (χ3v) is 2.57. The van der Waals surface area contributed by atoms with E-state index in [1.165, 1.54) is 0 Å². The highest BCUT2D eigenvalue weighted by Gasteiger charge is 2.15. The molecule has 0 fully saturated rings. The average molecular weight is 282 g/mol. The third-order valence-electron chi connectivity index (χ3n) is 1.83. The van der Waals surface area contributed by atoms with Gasteiger partial charge in [0.15, 0.2) is 11.5 Å². The molecule has 0 saturated carbocycles. The Morgan fingerprint density at radius 1 is 1.36 bits per heavy atom. The van der Waals surface area contributed by atoms with Gasteiger partial charge in [0, 0.05) is 11.0 Å². The first-order valence-electron chi connectivity index (χ1n) is 3.83. The van der Waals surface area contributed by atoms with Crippen molar-refractivity contribution >= 4 is 28.3 Å². The van der Waals surface area contributed by atoms with Crippen molar-refractivity contribution in [1.82, 2.24) is 5.43 Å². The molecule has 0 saturated heterocycles. The highest BCUT2D eigenvalue weighted by Crippen LogP contribution is 2.36. The van der Waals surface area contributed by atoms with Crippen LogP contribution in [0, 0.1) is 0 Å². The van der Waals surface area contributed by atoms with Gasteiger partial charge in [-0.2, -0.15) is 0 Å². The minimum atomic E-state index is 0. The summed E-state index contributed by atoms with van der Waals surface area (Å²) in [5.74, 6) is 6.77. The molecular weight excluding hydrogens is 271 g/mol. The van der Waals surface area contributed by atoms with Crippen LogP contribution >= 0.6 is 28.3 Å². The number of hydrazine groups is 1. The van der Waals surface area contributed by atoms with Gasteiger partial charge in [-0.3, -0.25) is 11.3 Å². The molecule has 0 bridgehead atoms. The number of halogens is 2. The van der Waals surface area contributed by atoms with E-state index in [1.54, 1.807) is 0 Å². The first-order valence-corrected chi connectivity index (χ1v) is 4.62. The summed E-state index contributed by atoms with van der Waals surface area (Å²) < 4.78 is 11.4. The fourth-order valence-electron chi connectivity index (χ4n) is 1.20. The Labute approximate surface area is 96.3 Å². The van der Waals surface area contributed by atoms with Gasteiger partial charge in [-0.1, -0.05) is 15.9 Å². The van der Waals surface area contributed by atoms with Crippen molar-refractivity contribution in [3.8, 4) is 11.5 Å². The van der Waals surface area contributed by atoms with Crippen molar-refractivity contribution in [2.45, 2.75) is 6.54 Å². The maximum Gasteiger partial charge on any atom is 0.231 e. The standard InChI is InChI=1S/C8H9BrN2O2.ClH/c9-6-2-8-7(12-4-13-8)1-5(6)3-11-10;/h1-2,11H,3-4,10H2;1H. The number of fused-ring (bicyclic) bond motifs is 1. The van der Waals surface area contributed by atoms with E-state index < -0.39 is 0 Å². The van der Waals surface area contributed by atoms with E-state index in [0.29, 0.717) is 13.3 Å². The molecule has 0 atom stereocenters. The van der Waals surface area contributed by atoms with Crippen LogP contribution in [0.1, 0.15) is 5.56 Å². The van der Waals surface area contributed by atoms with Crippen LogP contribution in [0.15, 0.2) is 16.6 Å². The summed E-state index contributed by atoms with van der Waals surface area (Å²) >= 11 is 3.42. The molecule has 0 unspecified atom stereocenters. The molecule has 0 radical (unpaired) electrons. The first kappa shape index (κ1) is 11.6. The second-order valence-corrected chi connectivity index (χ2v) is 3.53. The van der Waals surface area contributed by atoms with Crippen LogP contribution in [-0.4, -0.2) is 6.79 Å². The molecule has 1 aromatic rings. The number of nitrogens with two attached hydrogens (primary N) is 1. The summed E-state index contributed by atoms with van der Waals surface area (Å²) in [4.78, 5) is 0. The molecule has 0 aliphatic carbocycles. The smallest absolute Gasteiger partial charge is 0.231 e. The summed E-state index contributed by atoms with van der Waals surface area (Å²) in [6.45, 7) is 0.887. The predicted octanol–water partition coefficient (Wildman–Crippen LogP) is 1.56. The molecule has 2 rings (SSSR count). The second kappa shape index (κ2) is 4.84. The molecule has 1 aliphatic heterocycles. The van der Waals surface area contributed by atoms with Crippen molar-refractivity contribution < 1.29 is 9.47 Å². The highest BCUT2D eigenvalue weighted by molar-refractivity contribution is 9.10. The molecule has 6 heteroatoms. The number of benzene rings is 1. The lowest BCUT2D eigenvalue weighted by Gasteiger charge is -2.04. The quantitative estimate of drug-likeness (QED) is 0.638. The fraction of sp³-hybridized carbons (Fsp3) is 0.250. The third kappa shape index (κ3) is 2.12. The van der Waals surface area contributed by atoms with Crippen molar-refractivity contribution in [3.05, 3.63) is 22.2 Å². The lowest BCUT2D eigenvalue weighted by molar-refractivity contribution is 0.174. The summed E-state index contributed by atoms with van der Waals surface area (Å²) in [5.41, 5.74) is 3.64. The van der Waals surface area contributed by atoms with Gasteiger partial charge < -0.3 is 9.47 Å². The lowest BCUT2D eigenvalue weighted by Crippen LogP contribution is -2.20. The number of hydrogen-bond donors (Lipinski definition) is 2. The Morgan fingerprint density at radius 2 is 2.00 bits per heavy atom. The van der Waals surface area contributed by atoms with E-state index >= 15 is 0 Å². The Hall–Kier alpha value is -0.490. The van der Waals surface area contributed by atoms with Crippen molar-refractivity contribution in [3.63, 3.8) is 0 Å². The molecule has 3 N–H and O–H groups in total. The largest absolute Gasteiger partial charge is 0.454 e. The number of ether oxygens (including phenoxy) is 2. The van der Waals surface area contributed by atoms with Gasteiger partial charge in [0.05, 0.1) is 0 Å². The van der Waals surface area contributed by atoms with Crippen LogP contribution in [0.2, 0.25) is 0 Å². The van der Waals surface area contributed by atoms with Crippen LogP contribution in [0.3, 0.4) is 0 Å². The number of rotatable bonds is 2. The van der Waals surface area contributed by atoms with E-state index in [1.807, 2.05) is 12.1 Å². The summed E-state index contributed by atoms with van der Waals surface area (Å²) in [5, 5.41) is 0. The van der Waals surface area contributed by atoms with Crippen LogP contribution in [0.25, 0.3) is 0 Å². The maximum absolute atomic E-state index is 5.23. The van der Waals surface area contributed by atoms with Gasteiger partial charge in [-0.05, 0) is 17.7 Å². The molecule has 1 aromatic carbocycles. The van der Waals surface area contributed by atoms with Crippen molar-refractivity contribution in [2.24, 2.45) is 5.84 Å². The molecule has 0 amide bonds. The maximum atomic E-state index is 5.23. The number of nitrogens with one attached hydrogen (secondary N) is 1. The topological polar surface area (TPSA) is 56.5 Å². The number of hydrogen-bond acceptors (Lipinski definition) is 4. The van der Waals surface area contributed by atoms with Gasteiger partial charge >= 0.3 is 0 Å². The van der Waals surface area contributed by atoms with Gasteiger partial charge in [-0.25, -0.2) is 0 Å². The fourth-order valence-corrected chi connectivity index (χ4v) is 1.67. The predicted molar refractivity (Wildman–Crippen MR) is 58.5 cm³/mol. The monoisotopic (exact) mass is 280 g/mol. The zero-order valence-corrected chi connectivity index (χ0v) is 9.65. The molecule has 14 heavy (non-hydrogen) atoms. The van der Waals surface area contributed by atoms with E-state index in [9.17, 15) is 0 Å². The first-order chi connectivity index (χ1) is 6.31. The van der Waals surface area contributed by atoms with Gasteiger partial charge in [-0.15, -0.1) is 12.4 Å². The normalized spacial score (nSPS) is 12.4. The van der Waals surface area contributed by atoms with Crippen molar-refractivity contribution in [2.75, 3.05) is 6.79 Å². The minimum Gasteiger partial charge on any atom is -0.454 e. The Bertz CT molecular complexity index is 335. The molecule has 1 heterocycles. The second-order valence-electron chi connectivity index (χ2n) is 2.68. The molecular formula is C8H10BrClN2O2. The van der Waals surface area contributed by atoms with E-state index in [4.69, 9.17) is 15.3 Å². The summed E-state index contributed by atoms with van der Waals surface area (Å²) in [7, 11) is 0. The summed E-state index contributed by atoms with van der Waals surface area (Å²) in [6, 6.07) is 3.79. The zero-order valence-electron chi connectivity index (χ0n) is 7.25. The van der Waals surface area contributed by atoms with E-state index in [2.05, 4.69) is 21.4 Å². The molecule has 1 aliphatic rings. The minimum absolute atomic E-state index is 0.